The molecule has 0 radical (unpaired) electrons. The Hall–Kier alpha value is -2.53. The highest BCUT2D eigenvalue weighted by molar-refractivity contribution is 5.96. The van der Waals surface area contributed by atoms with Gasteiger partial charge in [0, 0.05) is 30.6 Å². The van der Waals surface area contributed by atoms with Crippen LogP contribution in [0.2, 0.25) is 0 Å². The number of carbonyl (C=O) groups excluding carboxylic acids is 2. The molecule has 0 aliphatic heterocycles. The van der Waals surface area contributed by atoms with Gasteiger partial charge in [0.15, 0.2) is 5.78 Å². The molecule has 2 aromatic rings. The number of nitrogen functional groups attached to an aromatic ring is 1. The Labute approximate surface area is 160 Å². The van der Waals surface area contributed by atoms with E-state index in [9.17, 15) is 9.59 Å². The van der Waals surface area contributed by atoms with Crippen molar-refractivity contribution >= 4 is 29.8 Å². The van der Waals surface area contributed by atoms with E-state index < -0.39 is 0 Å². The van der Waals surface area contributed by atoms with E-state index >= 15 is 0 Å². The second kappa shape index (κ2) is 11.2. The normalized spacial score (nSPS) is 9.88. The van der Waals surface area contributed by atoms with Gasteiger partial charge in [-0.05, 0) is 54.8 Å². The van der Waals surface area contributed by atoms with Gasteiger partial charge in [0.1, 0.15) is 5.75 Å². The van der Waals surface area contributed by atoms with E-state index in [1.54, 1.807) is 31.4 Å². The number of hydrogen-bond donors (Lipinski definition) is 2. The zero-order chi connectivity index (χ0) is 18.1. The van der Waals surface area contributed by atoms with Gasteiger partial charge in [0.05, 0.1) is 7.11 Å². The quantitative estimate of drug-likeness (QED) is 0.519. The molecule has 0 bridgehead atoms. The number of halogens is 1. The molecule has 6 heteroatoms. The summed E-state index contributed by atoms with van der Waals surface area (Å²) in [4.78, 5) is 23.9. The van der Waals surface area contributed by atoms with Crippen molar-refractivity contribution in [1.82, 2.24) is 5.32 Å². The maximum absolute atomic E-state index is 12.1. The van der Waals surface area contributed by atoms with E-state index in [0.717, 1.165) is 23.4 Å². The Morgan fingerprint density at radius 1 is 1.00 bits per heavy atom. The van der Waals surface area contributed by atoms with Crippen molar-refractivity contribution in [2.24, 2.45) is 0 Å². The van der Waals surface area contributed by atoms with Crippen molar-refractivity contribution in [3.8, 4) is 5.75 Å². The number of benzene rings is 2. The fourth-order valence-electron chi connectivity index (χ4n) is 2.45. The zero-order valence-corrected chi connectivity index (χ0v) is 15.7. The Morgan fingerprint density at radius 3 is 2.27 bits per heavy atom. The number of ketones is 1. The van der Waals surface area contributed by atoms with Crippen LogP contribution in [0.5, 0.6) is 5.75 Å². The van der Waals surface area contributed by atoms with Crippen LogP contribution in [0.15, 0.2) is 48.5 Å². The van der Waals surface area contributed by atoms with Crippen LogP contribution in [0, 0.1) is 0 Å². The summed E-state index contributed by atoms with van der Waals surface area (Å²) in [5, 5.41) is 2.88. The molecule has 0 aliphatic rings. The van der Waals surface area contributed by atoms with Gasteiger partial charge in [0.25, 0.3) is 0 Å². The molecule has 0 atom stereocenters. The Bertz CT molecular complexity index is 700. The minimum absolute atomic E-state index is 0. The van der Waals surface area contributed by atoms with Gasteiger partial charge in [-0.15, -0.1) is 12.4 Å². The van der Waals surface area contributed by atoms with E-state index in [0.29, 0.717) is 31.4 Å². The summed E-state index contributed by atoms with van der Waals surface area (Å²) >= 11 is 0. The van der Waals surface area contributed by atoms with Crippen molar-refractivity contribution in [3.63, 3.8) is 0 Å². The number of anilines is 1. The summed E-state index contributed by atoms with van der Waals surface area (Å²) in [6.45, 7) is 0.579. The molecule has 0 spiro atoms. The first-order chi connectivity index (χ1) is 12.1. The first-order valence-electron chi connectivity index (χ1n) is 8.37. The number of nitrogens with one attached hydrogen (secondary N) is 1. The van der Waals surface area contributed by atoms with Gasteiger partial charge in [-0.2, -0.15) is 0 Å². The lowest BCUT2D eigenvalue weighted by Gasteiger charge is -2.06. The molecular formula is C20H25ClN2O3. The first kappa shape index (κ1) is 21.5. The number of carbonyl (C=O) groups is 2. The van der Waals surface area contributed by atoms with Crippen molar-refractivity contribution in [2.45, 2.75) is 25.7 Å². The molecular weight excluding hydrogens is 352 g/mol. The Morgan fingerprint density at radius 2 is 1.65 bits per heavy atom. The van der Waals surface area contributed by atoms with E-state index in [1.165, 1.54) is 0 Å². The van der Waals surface area contributed by atoms with Crippen molar-refractivity contribution < 1.29 is 14.3 Å². The summed E-state index contributed by atoms with van der Waals surface area (Å²) in [7, 11) is 1.59. The molecule has 2 aromatic carbocycles. The van der Waals surface area contributed by atoms with Crippen molar-refractivity contribution in [2.75, 3.05) is 19.4 Å². The van der Waals surface area contributed by atoms with Crippen LogP contribution in [0.3, 0.4) is 0 Å². The highest BCUT2D eigenvalue weighted by Crippen LogP contribution is 2.13. The molecule has 2 rings (SSSR count). The molecule has 0 aliphatic carbocycles. The van der Waals surface area contributed by atoms with Gasteiger partial charge in [0.2, 0.25) is 5.91 Å². The molecule has 1 amide bonds. The lowest BCUT2D eigenvalue weighted by molar-refractivity contribution is -0.121. The van der Waals surface area contributed by atoms with Gasteiger partial charge in [-0.3, -0.25) is 9.59 Å². The Kier molecular flexibility index (Phi) is 9.23. The van der Waals surface area contributed by atoms with Crippen molar-refractivity contribution in [1.29, 1.82) is 0 Å². The lowest BCUT2D eigenvalue weighted by atomic mass is 10.1. The third-order valence-corrected chi connectivity index (χ3v) is 3.94. The van der Waals surface area contributed by atoms with E-state index in [4.69, 9.17) is 10.5 Å². The third-order valence-electron chi connectivity index (χ3n) is 3.94. The molecule has 3 N–H and O–H groups in total. The highest BCUT2D eigenvalue weighted by Gasteiger charge is 2.08. The number of ether oxygens (including phenoxy) is 1. The minimum Gasteiger partial charge on any atom is -0.497 e. The monoisotopic (exact) mass is 376 g/mol. The number of rotatable bonds is 9. The van der Waals surface area contributed by atoms with Crippen LogP contribution in [0.25, 0.3) is 0 Å². The van der Waals surface area contributed by atoms with E-state index in [1.807, 2.05) is 24.3 Å². The summed E-state index contributed by atoms with van der Waals surface area (Å²) < 4.78 is 5.07. The van der Waals surface area contributed by atoms with Crippen LogP contribution < -0.4 is 15.8 Å². The van der Waals surface area contributed by atoms with Gasteiger partial charge in [-0.25, -0.2) is 0 Å². The largest absolute Gasteiger partial charge is 0.497 e. The maximum Gasteiger partial charge on any atom is 0.220 e. The molecule has 26 heavy (non-hydrogen) atoms. The summed E-state index contributed by atoms with van der Waals surface area (Å²) in [6.07, 6.45) is 2.01. The number of nitrogens with two attached hydrogens (primary N) is 1. The fraction of sp³-hybridized carbons (Fsp3) is 0.300. The van der Waals surface area contributed by atoms with Crippen LogP contribution in [0.4, 0.5) is 5.69 Å². The van der Waals surface area contributed by atoms with Gasteiger partial charge in [-0.1, -0.05) is 12.1 Å². The van der Waals surface area contributed by atoms with E-state index in [2.05, 4.69) is 5.32 Å². The van der Waals surface area contributed by atoms with Gasteiger partial charge >= 0.3 is 0 Å². The minimum atomic E-state index is -0.0297. The molecule has 5 nitrogen and oxygen atoms in total. The average molecular weight is 377 g/mol. The molecule has 0 unspecified atom stereocenters. The summed E-state index contributed by atoms with van der Waals surface area (Å²) in [5.74, 6) is 0.729. The van der Waals surface area contributed by atoms with Crippen LogP contribution in [-0.2, 0) is 11.2 Å². The smallest absolute Gasteiger partial charge is 0.220 e. The predicted molar refractivity (Wildman–Crippen MR) is 106 cm³/mol. The van der Waals surface area contributed by atoms with Crippen LogP contribution in [-0.4, -0.2) is 25.3 Å². The first-order valence-corrected chi connectivity index (χ1v) is 8.37. The molecule has 0 fully saturated rings. The summed E-state index contributed by atoms with van der Waals surface area (Å²) in [6, 6.07) is 14.6. The Balaban J connectivity index is 0.00000338. The molecule has 140 valence electrons. The standard InChI is InChI=1S/C20H24N2O3.ClH/c1-25-18-11-7-16(8-12-18)19(23)3-2-4-20(24)22-14-13-15-5-9-17(21)10-6-15;/h5-12H,2-4,13-14,21H2,1H3,(H,22,24);1H. The van der Waals surface area contributed by atoms with Gasteiger partial charge < -0.3 is 15.8 Å². The van der Waals surface area contributed by atoms with Crippen LogP contribution >= 0.6 is 12.4 Å². The maximum atomic E-state index is 12.1. The number of Topliss-reactive ketones (excluding diaryl/α,β-unsaturated/α-hetero) is 1. The second-order valence-electron chi connectivity index (χ2n) is 5.85. The topological polar surface area (TPSA) is 81.4 Å². The third kappa shape index (κ3) is 7.15. The van der Waals surface area contributed by atoms with Crippen molar-refractivity contribution in [3.05, 3.63) is 59.7 Å². The number of amides is 1. The molecule has 0 saturated carbocycles. The molecule has 0 heterocycles. The molecule has 0 saturated heterocycles. The SMILES string of the molecule is COc1ccc(C(=O)CCCC(=O)NCCc2ccc(N)cc2)cc1.Cl. The lowest BCUT2D eigenvalue weighted by Crippen LogP contribution is -2.25. The second-order valence-corrected chi connectivity index (χ2v) is 5.85. The zero-order valence-electron chi connectivity index (χ0n) is 14.9. The fourth-order valence-corrected chi connectivity index (χ4v) is 2.45. The summed E-state index contributed by atoms with van der Waals surface area (Å²) in [5.41, 5.74) is 8.14. The number of hydrogen-bond acceptors (Lipinski definition) is 4. The van der Waals surface area contributed by atoms with Crippen LogP contribution in [0.1, 0.15) is 35.2 Å². The number of methoxy groups -OCH3 is 1. The highest BCUT2D eigenvalue weighted by atomic mass is 35.5. The molecule has 0 aromatic heterocycles. The predicted octanol–water partition coefficient (Wildman–Crippen LogP) is 3.41. The average Bonchev–Trinajstić information content (AvgIpc) is 2.63. The van der Waals surface area contributed by atoms with E-state index in [-0.39, 0.29) is 24.1 Å².